The molecule has 2 rings (SSSR count). The zero-order chi connectivity index (χ0) is 9.80. The normalized spacial score (nSPS) is 30.9. The molecule has 2 fully saturated rings. The highest BCUT2D eigenvalue weighted by Gasteiger charge is 2.31. The zero-order valence-electron chi connectivity index (χ0n) is 8.84. The van der Waals surface area contributed by atoms with E-state index < -0.39 is 0 Å². The number of cyclic esters (lactones) is 1. The van der Waals surface area contributed by atoms with E-state index in [1.165, 1.54) is 38.5 Å². The average molecular weight is 196 g/mol. The fourth-order valence-electron chi connectivity index (χ4n) is 2.84. The van der Waals surface area contributed by atoms with Crippen LogP contribution < -0.4 is 0 Å². The SMILES string of the molecule is O=C1OCCC[C@H]1C1CCCCCC1. The van der Waals surface area contributed by atoms with E-state index in [0.29, 0.717) is 12.5 Å². The van der Waals surface area contributed by atoms with Gasteiger partial charge in [0.25, 0.3) is 0 Å². The largest absolute Gasteiger partial charge is 0.465 e. The van der Waals surface area contributed by atoms with E-state index in [1.54, 1.807) is 0 Å². The number of carbonyl (C=O) groups is 1. The molecule has 1 saturated carbocycles. The highest BCUT2D eigenvalue weighted by Crippen LogP contribution is 2.33. The first-order valence-electron chi connectivity index (χ1n) is 6.04. The van der Waals surface area contributed by atoms with Crippen LogP contribution in [0.1, 0.15) is 51.4 Å². The first-order valence-corrected chi connectivity index (χ1v) is 6.04. The summed E-state index contributed by atoms with van der Waals surface area (Å²) in [7, 11) is 0. The molecule has 0 unspecified atom stereocenters. The van der Waals surface area contributed by atoms with Crippen LogP contribution in [0.25, 0.3) is 0 Å². The van der Waals surface area contributed by atoms with Crippen molar-refractivity contribution in [2.45, 2.75) is 51.4 Å². The number of esters is 1. The third-order valence-electron chi connectivity index (χ3n) is 3.68. The van der Waals surface area contributed by atoms with Gasteiger partial charge in [-0.25, -0.2) is 0 Å². The molecule has 1 heterocycles. The van der Waals surface area contributed by atoms with Crippen molar-refractivity contribution in [3.63, 3.8) is 0 Å². The van der Waals surface area contributed by atoms with Gasteiger partial charge in [-0.1, -0.05) is 25.7 Å². The second kappa shape index (κ2) is 4.81. The number of ether oxygens (including phenoxy) is 1. The van der Waals surface area contributed by atoms with Gasteiger partial charge in [0.15, 0.2) is 0 Å². The second-order valence-corrected chi connectivity index (χ2v) is 4.67. The third-order valence-corrected chi connectivity index (χ3v) is 3.68. The van der Waals surface area contributed by atoms with Crippen LogP contribution in [0.5, 0.6) is 0 Å². The molecule has 14 heavy (non-hydrogen) atoms. The molecule has 0 spiro atoms. The molecule has 2 heteroatoms. The van der Waals surface area contributed by atoms with Crippen LogP contribution >= 0.6 is 0 Å². The highest BCUT2D eigenvalue weighted by atomic mass is 16.5. The van der Waals surface area contributed by atoms with Crippen LogP contribution in [0.4, 0.5) is 0 Å². The van der Waals surface area contributed by atoms with Crippen molar-refractivity contribution in [1.82, 2.24) is 0 Å². The molecule has 1 aliphatic carbocycles. The van der Waals surface area contributed by atoms with E-state index in [0.717, 1.165) is 12.8 Å². The highest BCUT2D eigenvalue weighted by molar-refractivity contribution is 5.73. The summed E-state index contributed by atoms with van der Waals surface area (Å²) in [5.74, 6) is 0.954. The lowest BCUT2D eigenvalue weighted by atomic mass is 9.82. The summed E-state index contributed by atoms with van der Waals surface area (Å²) in [6, 6.07) is 0. The van der Waals surface area contributed by atoms with Gasteiger partial charge >= 0.3 is 5.97 Å². The molecule has 1 aliphatic heterocycles. The number of hydrogen-bond donors (Lipinski definition) is 0. The van der Waals surface area contributed by atoms with E-state index >= 15 is 0 Å². The van der Waals surface area contributed by atoms with Crippen molar-refractivity contribution in [3.05, 3.63) is 0 Å². The second-order valence-electron chi connectivity index (χ2n) is 4.67. The Labute approximate surface area is 86.0 Å². The minimum atomic E-state index is 0.0863. The van der Waals surface area contributed by atoms with Crippen molar-refractivity contribution >= 4 is 5.97 Å². The first-order chi connectivity index (χ1) is 6.88. The van der Waals surface area contributed by atoms with Crippen LogP contribution in [-0.2, 0) is 9.53 Å². The predicted molar refractivity (Wildman–Crippen MR) is 54.9 cm³/mol. The molecular formula is C12H20O2. The Morgan fingerprint density at radius 1 is 0.929 bits per heavy atom. The van der Waals surface area contributed by atoms with Crippen LogP contribution in [0, 0.1) is 11.8 Å². The van der Waals surface area contributed by atoms with Crippen molar-refractivity contribution in [3.8, 4) is 0 Å². The molecule has 0 N–H and O–H groups in total. The molecule has 1 saturated heterocycles. The summed E-state index contributed by atoms with van der Waals surface area (Å²) in [5.41, 5.74) is 0. The van der Waals surface area contributed by atoms with Crippen molar-refractivity contribution in [1.29, 1.82) is 0 Å². The molecule has 0 amide bonds. The molecule has 0 aromatic rings. The lowest BCUT2D eigenvalue weighted by molar-refractivity contribution is -0.155. The van der Waals surface area contributed by atoms with E-state index in [-0.39, 0.29) is 11.9 Å². The lowest BCUT2D eigenvalue weighted by Gasteiger charge is -2.27. The van der Waals surface area contributed by atoms with Gasteiger partial charge in [-0.2, -0.15) is 0 Å². The minimum Gasteiger partial charge on any atom is -0.465 e. The molecule has 2 aliphatic rings. The third kappa shape index (κ3) is 2.28. The Hall–Kier alpha value is -0.530. The van der Waals surface area contributed by atoms with E-state index in [4.69, 9.17) is 4.74 Å². The van der Waals surface area contributed by atoms with E-state index in [1.807, 2.05) is 0 Å². The van der Waals surface area contributed by atoms with Crippen molar-refractivity contribution in [2.75, 3.05) is 6.61 Å². The summed E-state index contributed by atoms with van der Waals surface area (Å²) >= 11 is 0. The maximum absolute atomic E-state index is 11.6. The first kappa shape index (κ1) is 10.0. The fourth-order valence-corrected chi connectivity index (χ4v) is 2.84. The number of hydrogen-bond acceptors (Lipinski definition) is 2. The van der Waals surface area contributed by atoms with E-state index in [9.17, 15) is 4.79 Å². The molecule has 2 nitrogen and oxygen atoms in total. The Bertz CT molecular complexity index is 192. The topological polar surface area (TPSA) is 26.3 Å². The minimum absolute atomic E-state index is 0.0863. The molecule has 0 aromatic heterocycles. The van der Waals surface area contributed by atoms with Crippen LogP contribution in [-0.4, -0.2) is 12.6 Å². The van der Waals surface area contributed by atoms with Gasteiger partial charge in [-0.05, 0) is 31.6 Å². The molecule has 0 bridgehead atoms. The smallest absolute Gasteiger partial charge is 0.309 e. The maximum Gasteiger partial charge on any atom is 0.309 e. The molecular weight excluding hydrogens is 176 g/mol. The summed E-state index contributed by atoms with van der Waals surface area (Å²) in [6.07, 6.45) is 10.00. The van der Waals surface area contributed by atoms with Gasteiger partial charge in [0.1, 0.15) is 0 Å². The van der Waals surface area contributed by atoms with Gasteiger partial charge in [0, 0.05) is 0 Å². The summed E-state index contributed by atoms with van der Waals surface area (Å²) in [4.78, 5) is 11.6. The van der Waals surface area contributed by atoms with Crippen LogP contribution in [0.15, 0.2) is 0 Å². The molecule has 1 atom stereocenters. The predicted octanol–water partition coefficient (Wildman–Crippen LogP) is 2.91. The maximum atomic E-state index is 11.6. The van der Waals surface area contributed by atoms with Gasteiger partial charge in [-0.3, -0.25) is 4.79 Å². The summed E-state index contributed by atoms with van der Waals surface area (Å²) in [6.45, 7) is 0.655. The van der Waals surface area contributed by atoms with Crippen LogP contribution in [0.3, 0.4) is 0 Å². The Morgan fingerprint density at radius 2 is 1.64 bits per heavy atom. The Balaban J connectivity index is 1.93. The van der Waals surface area contributed by atoms with Crippen molar-refractivity contribution < 1.29 is 9.53 Å². The quantitative estimate of drug-likeness (QED) is 0.476. The lowest BCUT2D eigenvalue weighted by Crippen LogP contribution is -2.30. The van der Waals surface area contributed by atoms with Crippen molar-refractivity contribution in [2.24, 2.45) is 11.8 Å². The zero-order valence-corrected chi connectivity index (χ0v) is 8.84. The number of carbonyl (C=O) groups excluding carboxylic acids is 1. The van der Waals surface area contributed by atoms with Gasteiger partial charge in [0.05, 0.1) is 12.5 Å². The van der Waals surface area contributed by atoms with E-state index in [2.05, 4.69) is 0 Å². The number of rotatable bonds is 1. The molecule has 80 valence electrons. The monoisotopic (exact) mass is 196 g/mol. The summed E-state index contributed by atoms with van der Waals surface area (Å²) < 4.78 is 5.15. The summed E-state index contributed by atoms with van der Waals surface area (Å²) in [5, 5.41) is 0. The Morgan fingerprint density at radius 3 is 2.29 bits per heavy atom. The molecule has 0 radical (unpaired) electrons. The van der Waals surface area contributed by atoms with Crippen LogP contribution in [0.2, 0.25) is 0 Å². The van der Waals surface area contributed by atoms with Gasteiger partial charge < -0.3 is 4.74 Å². The average Bonchev–Trinajstić information content (AvgIpc) is 2.47. The van der Waals surface area contributed by atoms with Gasteiger partial charge in [-0.15, -0.1) is 0 Å². The van der Waals surface area contributed by atoms with Gasteiger partial charge in [0.2, 0.25) is 0 Å². The standard InChI is InChI=1S/C12H20O2/c13-12-11(8-5-9-14-12)10-6-3-1-2-4-7-10/h10-11H,1-9H2/t11-/m0/s1. The fraction of sp³-hybridized carbons (Fsp3) is 0.917. The molecule has 0 aromatic carbocycles. The Kier molecular flexibility index (Phi) is 3.44.